The molecule has 0 bridgehead atoms. The highest BCUT2D eigenvalue weighted by molar-refractivity contribution is 6.44. The van der Waals surface area contributed by atoms with Gasteiger partial charge in [-0.1, -0.05) is 29.3 Å². The summed E-state index contributed by atoms with van der Waals surface area (Å²) in [5, 5.41) is 4.89. The maximum Gasteiger partial charge on any atom is 0.325 e. The van der Waals surface area contributed by atoms with Gasteiger partial charge in [-0.3, -0.25) is 10.1 Å². The number of anilines is 1. The Kier molecular flexibility index (Phi) is 4.86. The molecule has 86 valence electrons. The van der Waals surface area contributed by atoms with E-state index < -0.39 is 11.9 Å². The van der Waals surface area contributed by atoms with E-state index in [4.69, 9.17) is 34.8 Å². The third-order valence-electron chi connectivity index (χ3n) is 1.57. The topological polar surface area (TPSA) is 58.2 Å². The number of alkyl halides is 1. The van der Waals surface area contributed by atoms with Crippen LogP contribution in [-0.4, -0.2) is 17.8 Å². The van der Waals surface area contributed by atoms with E-state index in [0.717, 1.165) is 0 Å². The van der Waals surface area contributed by atoms with Gasteiger partial charge in [-0.2, -0.15) is 0 Å². The van der Waals surface area contributed by atoms with Crippen LogP contribution in [0.3, 0.4) is 0 Å². The van der Waals surface area contributed by atoms with E-state index >= 15 is 0 Å². The Morgan fingerprint density at radius 3 is 2.56 bits per heavy atom. The van der Waals surface area contributed by atoms with Gasteiger partial charge in [0.25, 0.3) is 0 Å². The molecule has 0 aliphatic rings. The number of urea groups is 1. The summed E-state index contributed by atoms with van der Waals surface area (Å²) in [4.78, 5) is 22.0. The Morgan fingerprint density at radius 2 is 1.94 bits per heavy atom. The van der Waals surface area contributed by atoms with Crippen LogP contribution in [0.15, 0.2) is 18.2 Å². The van der Waals surface area contributed by atoms with Crippen molar-refractivity contribution in [2.45, 2.75) is 0 Å². The zero-order valence-corrected chi connectivity index (χ0v) is 10.2. The summed E-state index contributed by atoms with van der Waals surface area (Å²) in [5.74, 6) is -0.895. The first-order valence-electron chi connectivity index (χ1n) is 4.15. The summed E-state index contributed by atoms with van der Waals surface area (Å²) in [6, 6.07) is 4.04. The Hall–Kier alpha value is -0.970. The van der Waals surface area contributed by atoms with E-state index in [2.05, 4.69) is 5.32 Å². The second kappa shape index (κ2) is 5.94. The third-order valence-corrected chi connectivity index (χ3v) is 2.64. The number of rotatable bonds is 2. The van der Waals surface area contributed by atoms with Gasteiger partial charge < -0.3 is 5.32 Å². The van der Waals surface area contributed by atoms with E-state index in [1.807, 2.05) is 5.32 Å². The highest BCUT2D eigenvalue weighted by atomic mass is 35.5. The molecular formula is C9H7Cl3N2O2. The number of benzene rings is 1. The highest BCUT2D eigenvalue weighted by Crippen LogP contribution is 2.29. The fourth-order valence-electron chi connectivity index (χ4n) is 0.914. The molecule has 0 aliphatic heterocycles. The minimum atomic E-state index is -0.713. The fourth-order valence-corrected chi connectivity index (χ4v) is 1.33. The lowest BCUT2D eigenvalue weighted by molar-refractivity contribution is -0.117. The summed E-state index contributed by atoms with van der Waals surface area (Å²) < 4.78 is 0. The zero-order valence-electron chi connectivity index (χ0n) is 7.89. The first kappa shape index (κ1) is 13.1. The molecule has 0 heterocycles. The number of carbonyl (C=O) groups excluding carboxylic acids is 2. The summed E-state index contributed by atoms with van der Waals surface area (Å²) in [6.07, 6.45) is 0. The third kappa shape index (κ3) is 3.56. The minimum absolute atomic E-state index is 0.206. The largest absolute Gasteiger partial charge is 0.325 e. The van der Waals surface area contributed by atoms with Crippen molar-refractivity contribution in [1.29, 1.82) is 0 Å². The minimum Gasteiger partial charge on any atom is -0.306 e. The Balaban J connectivity index is 2.70. The number of nitrogens with one attached hydrogen (secondary N) is 2. The SMILES string of the molecule is O=C(CCl)NC(=O)Nc1cccc(Cl)c1Cl. The fraction of sp³-hybridized carbons (Fsp3) is 0.111. The molecule has 1 aromatic carbocycles. The second-order valence-electron chi connectivity index (χ2n) is 2.74. The van der Waals surface area contributed by atoms with Crippen LogP contribution in [0, 0.1) is 0 Å². The van der Waals surface area contributed by atoms with Crippen LogP contribution < -0.4 is 10.6 Å². The molecule has 0 saturated carbocycles. The van der Waals surface area contributed by atoms with Crippen LogP contribution in [0.25, 0.3) is 0 Å². The van der Waals surface area contributed by atoms with E-state index in [9.17, 15) is 9.59 Å². The van der Waals surface area contributed by atoms with Crippen molar-refractivity contribution < 1.29 is 9.59 Å². The first-order valence-corrected chi connectivity index (χ1v) is 5.44. The van der Waals surface area contributed by atoms with E-state index in [1.165, 1.54) is 0 Å². The van der Waals surface area contributed by atoms with Crippen LogP contribution in [0.1, 0.15) is 0 Å². The van der Waals surface area contributed by atoms with Crippen LogP contribution in [0.2, 0.25) is 10.0 Å². The van der Waals surface area contributed by atoms with Gasteiger partial charge in [0.15, 0.2) is 0 Å². The predicted molar refractivity (Wildman–Crippen MR) is 64.3 cm³/mol. The summed E-state index contributed by atoms with van der Waals surface area (Å²) in [6.45, 7) is 0. The lowest BCUT2D eigenvalue weighted by atomic mass is 10.3. The van der Waals surface area contributed by atoms with Crippen molar-refractivity contribution in [2.24, 2.45) is 0 Å². The standard InChI is InChI=1S/C9H7Cl3N2O2/c10-4-7(15)14-9(16)13-6-3-1-2-5(11)8(6)12/h1-3H,4H2,(H2,13,14,15,16). The molecule has 1 rings (SSSR count). The molecule has 0 fully saturated rings. The molecule has 0 aliphatic carbocycles. The van der Waals surface area contributed by atoms with E-state index in [0.29, 0.717) is 10.7 Å². The van der Waals surface area contributed by atoms with Crippen LogP contribution in [0.4, 0.5) is 10.5 Å². The quantitative estimate of drug-likeness (QED) is 0.819. The molecule has 0 aromatic heterocycles. The molecule has 3 amide bonds. The molecule has 0 spiro atoms. The smallest absolute Gasteiger partial charge is 0.306 e. The van der Waals surface area contributed by atoms with E-state index in [-0.39, 0.29) is 10.9 Å². The maximum atomic E-state index is 11.2. The van der Waals surface area contributed by atoms with Crippen molar-refractivity contribution in [3.05, 3.63) is 28.2 Å². The molecule has 0 saturated heterocycles. The van der Waals surface area contributed by atoms with Crippen molar-refractivity contribution >= 4 is 52.4 Å². The molecule has 2 N–H and O–H groups in total. The lowest BCUT2D eigenvalue weighted by Crippen LogP contribution is -2.35. The van der Waals surface area contributed by atoms with Crippen LogP contribution >= 0.6 is 34.8 Å². The normalized spacial score (nSPS) is 9.69. The Morgan fingerprint density at radius 1 is 1.25 bits per heavy atom. The van der Waals surface area contributed by atoms with Gasteiger partial charge >= 0.3 is 6.03 Å². The van der Waals surface area contributed by atoms with Crippen molar-refractivity contribution in [3.8, 4) is 0 Å². The van der Waals surface area contributed by atoms with Crippen LogP contribution in [0.5, 0.6) is 0 Å². The average Bonchev–Trinajstić information content (AvgIpc) is 2.24. The van der Waals surface area contributed by atoms with Gasteiger partial charge in [-0.25, -0.2) is 4.79 Å². The van der Waals surface area contributed by atoms with Crippen molar-refractivity contribution in [2.75, 3.05) is 11.2 Å². The molecule has 4 nitrogen and oxygen atoms in total. The van der Waals surface area contributed by atoms with Crippen molar-refractivity contribution in [1.82, 2.24) is 5.32 Å². The summed E-state index contributed by atoms with van der Waals surface area (Å²) in [5.41, 5.74) is 0.314. The summed E-state index contributed by atoms with van der Waals surface area (Å²) >= 11 is 16.8. The van der Waals surface area contributed by atoms with Gasteiger partial charge in [-0.15, -0.1) is 11.6 Å². The molecule has 1 aromatic rings. The molecule has 16 heavy (non-hydrogen) atoms. The lowest BCUT2D eigenvalue weighted by Gasteiger charge is -2.07. The molecule has 0 unspecified atom stereocenters. The Labute approximate surface area is 107 Å². The monoisotopic (exact) mass is 280 g/mol. The molecule has 7 heteroatoms. The van der Waals surface area contributed by atoms with E-state index in [1.54, 1.807) is 18.2 Å². The zero-order chi connectivity index (χ0) is 12.1. The van der Waals surface area contributed by atoms with Crippen LogP contribution in [-0.2, 0) is 4.79 Å². The Bertz CT molecular complexity index is 423. The molecule has 0 radical (unpaired) electrons. The first-order chi connectivity index (χ1) is 7.54. The maximum absolute atomic E-state index is 11.2. The van der Waals surface area contributed by atoms with Gasteiger partial charge in [0, 0.05) is 0 Å². The number of halogens is 3. The predicted octanol–water partition coefficient (Wildman–Crippen LogP) is 2.88. The number of carbonyl (C=O) groups is 2. The second-order valence-corrected chi connectivity index (χ2v) is 3.79. The van der Waals surface area contributed by atoms with Gasteiger partial charge in [0.05, 0.1) is 15.7 Å². The number of imide groups is 1. The van der Waals surface area contributed by atoms with Gasteiger partial charge in [0.2, 0.25) is 5.91 Å². The van der Waals surface area contributed by atoms with Gasteiger partial charge in [-0.05, 0) is 12.1 Å². The average molecular weight is 282 g/mol. The molecule has 0 atom stereocenters. The molecular weight excluding hydrogens is 274 g/mol. The van der Waals surface area contributed by atoms with Gasteiger partial charge in [0.1, 0.15) is 5.88 Å². The number of hydrogen-bond donors (Lipinski definition) is 2. The summed E-state index contributed by atoms with van der Waals surface area (Å²) in [7, 11) is 0. The van der Waals surface area contributed by atoms with Crippen molar-refractivity contribution in [3.63, 3.8) is 0 Å². The number of hydrogen-bond acceptors (Lipinski definition) is 2. The highest BCUT2D eigenvalue weighted by Gasteiger charge is 2.09. The number of amides is 3.